The first-order valence-electron chi connectivity index (χ1n) is 6.15. The third-order valence-electron chi connectivity index (χ3n) is 3.35. The van der Waals surface area contributed by atoms with E-state index >= 15 is 0 Å². The quantitative estimate of drug-likeness (QED) is 0.749. The molecular formula is C12H21ClN2O2. The second-order valence-corrected chi connectivity index (χ2v) is 5.74. The molecule has 0 bridgehead atoms. The molecule has 0 spiro atoms. The van der Waals surface area contributed by atoms with Gasteiger partial charge in [0, 0.05) is 6.04 Å². The molecule has 0 aliphatic heterocycles. The van der Waals surface area contributed by atoms with Gasteiger partial charge in [0.2, 0.25) is 5.91 Å². The average Bonchev–Trinajstić information content (AvgIpc) is 2.22. The maximum atomic E-state index is 11.6. The molecule has 0 aromatic carbocycles. The summed E-state index contributed by atoms with van der Waals surface area (Å²) in [6, 6.07) is -0.279. The number of hydrogen-bond acceptors (Lipinski definition) is 2. The molecule has 17 heavy (non-hydrogen) atoms. The molecule has 1 saturated carbocycles. The predicted molar refractivity (Wildman–Crippen MR) is 68.0 cm³/mol. The van der Waals surface area contributed by atoms with Crippen molar-refractivity contribution in [1.29, 1.82) is 0 Å². The molecule has 4 nitrogen and oxygen atoms in total. The number of alkyl halides is 1. The first-order valence-corrected chi connectivity index (χ1v) is 6.59. The van der Waals surface area contributed by atoms with Crippen LogP contribution in [-0.2, 0) is 4.79 Å². The summed E-state index contributed by atoms with van der Waals surface area (Å²) in [5.41, 5.74) is 0. The average molecular weight is 261 g/mol. The monoisotopic (exact) mass is 260 g/mol. The van der Waals surface area contributed by atoms with E-state index in [1.807, 2.05) is 0 Å². The number of imide groups is 1. The van der Waals surface area contributed by atoms with Crippen molar-refractivity contribution in [1.82, 2.24) is 10.6 Å². The number of rotatable bonds is 2. The molecule has 98 valence electrons. The van der Waals surface area contributed by atoms with Gasteiger partial charge in [0.05, 0.1) is 0 Å². The van der Waals surface area contributed by atoms with Crippen molar-refractivity contribution in [3.63, 3.8) is 0 Å². The molecule has 2 N–H and O–H groups in total. The van der Waals surface area contributed by atoms with Crippen LogP contribution in [0.15, 0.2) is 0 Å². The molecule has 5 heteroatoms. The van der Waals surface area contributed by atoms with Crippen molar-refractivity contribution in [2.75, 3.05) is 0 Å². The third kappa shape index (κ3) is 4.54. The van der Waals surface area contributed by atoms with Crippen LogP contribution in [0.4, 0.5) is 4.79 Å². The fourth-order valence-corrected chi connectivity index (χ4v) is 2.35. The van der Waals surface area contributed by atoms with Gasteiger partial charge in [-0.05, 0) is 38.0 Å². The Morgan fingerprint density at radius 3 is 2.47 bits per heavy atom. The lowest BCUT2D eigenvalue weighted by Gasteiger charge is -2.33. The zero-order valence-corrected chi connectivity index (χ0v) is 11.4. The fourth-order valence-electron chi connectivity index (χ4n) is 2.30. The zero-order chi connectivity index (χ0) is 13.0. The Morgan fingerprint density at radius 2 is 1.94 bits per heavy atom. The number of halogens is 1. The van der Waals surface area contributed by atoms with Crippen LogP contribution in [0.5, 0.6) is 0 Å². The zero-order valence-electron chi connectivity index (χ0n) is 10.6. The molecule has 0 aromatic heterocycles. The van der Waals surface area contributed by atoms with Crippen LogP contribution in [0.1, 0.15) is 40.0 Å². The Morgan fingerprint density at radius 1 is 1.29 bits per heavy atom. The van der Waals surface area contributed by atoms with E-state index in [0.717, 1.165) is 25.2 Å². The molecule has 1 fully saturated rings. The summed E-state index contributed by atoms with van der Waals surface area (Å²) >= 11 is 5.57. The minimum Gasteiger partial charge on any atom is -0.335 e. The van der Waals surface area contributed by atoms with Crippen molar-refractivity contribution in [2.45, 2.75) is 51.5 Å². The second-order valence-electron chi connectivity index (χ2n) is 5.08. The molecule has 0 radical (unpaired) electrons. The standard InChI is InChI=1S/C12H21ClN2O2/c1-7-4-5-10(8(2)6-7)14-12(17)15-11(16)9(3)13/h7-10H,4-6H2,1-3H3,(H2,14,15,16,17). The maximum absolute atomic E-state index is 11.6. The first kappa shape index (κ1) is 14.3. The van der Waals surface area contributed by atoms with Crippen molar-refractivity contribution >= 4 is 23.5 Å². The SMILES string of the molecule is CC1CCC(NC(=O)NC(=O)C(C)Cl)C(C)C1. The normalized spacial score (nSPS) is 30.5. The lowest BCUT2D eigenvalue weighted by molar-refractivity contribution is -0.119. The highest BCUT2D eigenvalue weighted by molar-refractivity contribution is 6.31. The first-order chi connectivity index (χ1) is 7.90. The Hall–Kier alpha value is -0.770. The van der Waals surface area contributed by atoms with Crippen LogP contribution >= 0.6 is 11.6 Å². The van der Waals surface area contributed by atoms with Crippen LogP contribution in [0.3, 0.4) is 0 Å². The summed E-state index contributed by atoms with van der Waals surface area (Å²) < 4.78 is 0. The van der Waals surface area contributed by atoms with Gasteiger partial charge in [0.25, 0.3) is 0 Å². The van der Waals surface area contributed by atoms with Crippen molar-refractivity contribution < 1.29 is 9.59 Å². The molecule has 3 amide bonds. The number of nitrogens with one attached hydrogen (secondary N) is 2. The lowest BCUT2D eigenvalue weighted by atomic mass is 9.80. The van der Waals surface area contributed by atoms with Gasteiger partial charge < -0.3 is 5.32 Å². The van der Waals surface area contributed by atoms with Gasteiger partial charge in [-0.1, -0.05) is 13.8 Å². The van der Waals surface area contributed by atoms with E-state index in [-0.39, 0.29) is 6.04 Å². The number of urea groups is 1. The molecule has 4 unspecified atom stereocenters. The van der Waals surface area contributed by atoms with Crippen LogP contribution in [0.25, 0.3) is 0 Å². The van der Waals surface area contributed by atoms with Crippen LogP contribution < -0.4 is 10.6 Å². The van der Waals surface area contributed by atoms with Gasteiger partial charge in [0.1, 0.15) is 5.38 Å². The maximum Gasteiger partial charge on any atom is 0.321 e. The number of hydrogen-bond donors (Lipinski definition) is 2. The smallest absolute Gasteiger partial charge is 0.321 e. The summed E-state index contributed by atoms with van der Waals surface area (Å²) in [4.78, 5) is 22.8. The summed E-state index contributed by atoms with van der Waals surface area (Å²) in [7, 11) is 0. The van der Waals surface area contributed by atoms with Gasteiger partial charge in [-0.15, -0.1) is 11.6 Å². The molecule has 4 atom stereocenters. The number of amides is 3. The second kappa shape index (κ2) is 6.24. The van der Waals surface area contributed by atoms with Crippen molar-refractivity contribution in [3.8, 4) is 0 Å². The summed E-state index contributed by atoms with van der Waals surface area (Å²) in [5, 5.41) is 4.39. The van der Waals surface area contributed by atoms with E-state index in [1.54, 1.807) is 0 Å². The number of carbonyl (C=O) groups is 2. The molecule has 0 aromatic rings. The number of carbonyl (C=O) groups excluding carboxylic acids is 2. The van der Waals surface area contributed by atoms with E-state index in [1.165, 1.54) is 6.92 Å². The van der Waals surface area contributed by atoms with Gasteiger partial charge in [-0.3, -0.25) is 10.1 Å². The van der Waals surface area contributed by atoms with Crippen LogP contribution in [0.2, 0.25) is 0 Å². The Bertz CT molecular complexity index is 294. The van der Waals surface area contributed by atoms with E-state index in [0.29, 0.717) is 5.92 Å². The molecule has 0 heterocycles. The van der Waals surface area contributed by atoms with Gasteiger partial charge in [-0.25, -0.2) is 4.79 Å². The van der Waals surface area contributed by atoms with E-state index in [9.17, 15) is 9.59 Å². The van der Waals surface area contributed by atoms with Gasteiger partial charge in [-0.2, -0.15) is 0 Å². The fraction of sp³-hybridized carbons (Fsp3) is 0.833. The molecule has 1 rings (SSSR count). The van der Waals surface area contributed by atoms with Crippen LogP contribution in [0, 0.1) is 11.8 Å². The van der Waals surface area contributed by atoms with Crippen molar-refractivity contribution in [3.05, 3.63) is 0 Å². The summed E-state index contributed by atoms with van der Waals surface area (Å²) in [5.74, 6) is 0.713. The third-order valence-corrected chi connectivity index (χ3v) is 3.54. The van der Waals surface area contributed by atoms with Crippen LogP contribution in [-0.4, -0.2) is 23.4 Å². The Kier molecular flexibility index (Phi) is 5.25. The topological polar surface area (TPSA) is 58.2 Å². The minimum atomic E-state index is -0.690. The molecular weight excluding hydrogens is 240 g/mol. The highest BCUT2D eigenvalue weighted by Gasteiger charge is 2.27. The van der Waals surface area contributed by atoms with E-state index in [2.05, 4.69) is 24.5 Å². The Balaban J connectivity index is 2.38. The van der Waals surface area contributed by atoms with Gasteiger partial charge >= 0.3 is 6.03 Å². The highest BCUT2D eigenvalue weighted by atomic mass is 35.5. The summed E-state index contributed by atoms with van der Waals surface area (Å²) in [6.07, 6.45) is 3.21. The molecule has 1 aliphatic carbocycles. The highest BCUT2D eigenvalue weighted by Crippen LogP contribution is 2.28. The minimum absolute atomic E-state index is 0.157. The molecule has 0 saturated heterocycles. The van der Waals surface area contributed by atoms with Gasteiger partial charge in [0.15, 0.2) is 0 Å². The largest absolute Gasteiger partial charge is 0.335 e. The van der Waals surface area contributed by atoms with Crippen molar-refractivity contribution in [2.24, 2.45) is 11.8 Å². The predicted octanol–water partition coefficient (Wildman–Crippen LogP) is 2.26. The van der Waals surface area contributed by atoms with E-state index < -0.39 is 17.3 Å². The summed E-state index contributed by atoms with van der Waals surface area (Å²) in [6.45, 7) is 5.90. The lowest BCUT2D eigenvalue weighted by Crippen LogP contribution is -2.49. The molecule has 1 aliphatic rings. The Labute approximate surface area is 107 Å². The van der Waals surface area contributed by atoms with E-state index in [4.69, 9.17) is 11.6 Å².